The van der Waals surface area contributed by atoms with Crippen LogP contribution in [0, 0.1) is 34.0 Å². The molecule has 9 fully saturated rings. The SMILES string of the molecule is C=C1C[C@@]23C[C@H]4[C@@H]5[C@@]6(C)C[C@H](OC(C)=O)C[C@@]57[C@@H]2[C@@H](O)[C@@H]1[C@@H](O)[C@]3(O)[C@H]7N4C6. The third-order valence-electron chi connectivity index (χ3n) is 10.6. The second-order valence-corrected chi connectivity index (χ2v) is 11.5. The first-order valence-electron chi connectivity index (χ1n) is 10.8. The molecular formula is C22H29NO5. The van der Waals surface area contributed by atoms with E-state index in [9.17, 15) is 20.1 Å². The van der Waals surface area contributed by atoms with Crippen LogP contribution in [0.3, 0.4) is 0 Å². The summed E-state index contributed by atoms with van der Waals surface area (Å²) in [6.45, 7) is 8.85. The van der Waals surface area contributed by atoms with Gasteiger partial charge in [0.25, 0.3) is 0 Å². The molecule has 0 aromatic carbocycles. The normalized spacial score (nSPS) is 69.3. The van der Waals surface area contributed by atoms with Gasteiger partial charge in [0.1, 0.15) is 11.7 Å². The highest BCUT2D eigenvalue weighted by Crippen LogP contribution is 2.88. The van der Waals surface area contributed by atoms with Gasteiger partial charge in [0.05, 0.1) is 12.2 Å². The summed E-state index contributed by atoms with van der Waals surface area (Å²) >= 11 is 0. The highest BCUT2D eigenvalue weighted by molar-refractivity contribution is 5.66. The molecule has 0 aromatic heterocycles. The predicted molar refractivity (Wildman–Crippen MR) is 97.9 cm³/mol. The molecule has 3 saturated heterocycles. The molecule has 9 rings (SSSR count). The van der Waals surface area contributed by atoms with Gasteiger partial charge in [-0.05, 0) is 37.0 Å². The van der Waals surface area contributed by atoms with Crippen molar-refractivity contribution in [3.63, 3.8) is 0 Å². The molecule has 6 aliphatic carbocycles. The standard InChI is InChI=1S/C22H29NO5/c1-9-4-20-7-12-15-19(3)5-11(28-10(2)24)6-21(15)16(20)14(25)13(9)17(26)22(20,27)18(21)23(12)8-19/h11-18,25-27H,1,4-8H2,2-3H3/t11-,12-,13+,14-,15+,16+,17+,18-,19-,20+,21-,22-/m0/s1. The number of fused-ring (bicyclic) bond motifs is 1. The summed E-state index contributed by atoms with van der Waals surface area (Å²) in [6.07, 6.45) is 1.27. The molecule has 9 aliphatic rings. The number of aliphatic hydroxyl groups excluding tert-OH is 2. The number of hydrogen-bond acceptors (Lipinski definition) is 6. The summed E-state index contributed by atoms with van der Waals surface area (Å²) in [5.74, 6) is -0.379. The van der Waals surface area contributed by atoms with Crippen LogP contribution in [-0.2, 0) is 9.53 Å². The Morgan fingerprint density at radius 3 is 2.71 bits per heavy atom. The van der Waals surface area contributed by atoms with Crippen molar-refractivity contribution < 1.29 is 24.9 Å². The molecule has 3 heterocycles. The first kappa shape index (κ1) is 16.8. The predicted octanol–water partition coefficient (Wildman–Crippen LogP) is 0.450. The molecule has 2 spiro atoms. The van der Waals surface area contributed by atoms with Crippen molar-refractivity contribution in [1.29, 1.82) is 0 Å². The fourth-order valence-electron chi connectivity index (χ4n) is 11.0. The van der Waals surface area contributed by atoms with Gasteiger partial charge in [0.2, 0.25) is 0 Å². The number of rotatable bonds is 1. The average Bonchev–Trinajstić information content (AvgIpc) is 2.97. The smallest absolute Gasteiger partial charge is 0.302 e. The summed E-state index contributed by atoms with van der Waals surface area (Å²) in [7, 11) is 0. The lowest BCUT2D eigenvalue weighted by molar-refractivity contribution is -0.280. The molecule has 6 nitrogen and oxygen atoms in total. The molecule has 6 heteroatoms. The minimum absolute atomic E-state index is 0.0237. The van der Waals surface area contributed by atoms with E-state index in [0.29, 0.717) is 24.8 Å². The first-order valence-corrected chi connectivity index (χ1v) is 10.8. The number of ether oxygens (including phenoxy) is 1. The van der Waals surface area contributed by atoms with Crippen LogP contribution in [0.25, 0.3) is 0 Å². The fraction of sp³-hybridized carbons (Fsp3) is 0.864. The van der Waals surface area contributed by atoms with E-state index in [1.807, 2.05) is 0 Å². The molecular weight excluding hydrogens is 358 g/mol. The van der Waals surface area contributed by atoms with Crippen molar-refractivity contribution in [2.24, 2.45) is 34.0 Å². The maximum absolute atomic E-state index is 12.2. The van der Waals surface area contributed by atoms with Gasteiger partial charge < -0.3 is 20.1 Å². The van der Waals surface area contributed by atoms with Crippen LogP contribution in [0.15, 0.2) is 12.2 Å². The number of hydrogen-bond donors (Lipinski definition) is 3. The van der Waals surface area contributed by atoms with Crippen LogP contribution < -0.4 is 0 Å². The minimum atomic E-state index is -1.20. The number of carbonyl (C=O) groups excluding carboxylic acids is 1. The molecule has 6 saturated carbocycles. The van der Waals surface area contributed by atoms with E-state index < -0.39 is 29.1 Å². The molecule has 3 aliphatic heterocycles. The number of nitrogens with zero attached hydrogens (tertiary/aromatic N) is 1. The fourth-order valence-corrected chi connectivity index (χ4v) is 11.0. The van der Waals surface area contributed by atoms with Crippen LogP contribution in [0.2, 0.25) is 0 Å². The van der Waals surface area contributed by atoms with Crippen molar-refractivity contribution in [3.8, 4) is 0 Å². The maximum Gasteiger partial charge on any atom is 0.302 e. The summed E-state index contributed by atoms with van der Waals surface area (Å²) in [4.78, 5) is 14.3. The molecule has 0 radical (unpaired) electrons. The molecule has 0 amide bonds. The highest BCUT2D eigenvalue weighted by Gasteiger charge is 2.94. The van der Waals surface area contributed by atoms with E-state index in [1.165, 1.54) is 6.92 Å². The Hall–Kier alpha value is -0.950. The van der Waals surface area contributed by atoms with Crippen molar-refractivity contribution in [3.05, 3.63) is 12.2 Å². The Morgan fingerprint density at radius 2 is 2.00 bits per heavy atom. The van der Waals surface area contributed by atoms with Crippen molar-refractivity contribution in [1.82, 2.24) is 4.90 Å². The van der Waals surface area contributed by atoms with Gasteiger partial charge in [-0.1, -0.05) is 19.1 Å². The molecule has 3 N–H and O–H groups in total. The monoisotopic (exact) mass is 387 g/mol. The lowest BCUT2D eigenvalue weighted by Gasteiger charge is -2.67. The quantitative estimate of drug-likeness (QED) is 0.447. The highest BCUT2D eigenvalue weighted by atomic mass is 16.5. The number of esters is 1. The number of carbonyl (C=O) groups is 1. The van der Waals surface area contributed by atoms with Gasteiger partial charge in [-0.2, -0.15) is 0 Å². The van der Waals surface area contributed by atoms with Gasteiger partial charge >= 0.3 is 5.97 Å². The Labute approximate surface area is 164 Å². The summed E-state index contributed by atoms with van der Waals surface area (Å²) in [6, 6.07) is 0.245. The Kier molecular flexibility index (Phi) is 2.55. The van der Waals surface area contributed by atoms with E-state index in [4.69, 9.17) is 4.74 Å². The van der Waals surface area contributed by atoms with Gasteiger partial charge in [-0.15, -0.1) is 0 Å². The molecule has 1 unspecified atom stereocenters. The van der Waals surface area contributed by atoms with Gasteiger partial charge in [0, 0.05) is 48.2 Å². The molecule has 28 heavy (non-hydrogen) atoms. The number of piperidine rings is 2. The Morgan fingerprint density at radius 1 is 1.25 bits per heavy atom. The van der Waals surface area contributed by atoms with E-state index in [2.05, 4.69) is 18.4 Å². The Bertz CT molecular complexity index is 860. The zero-order valence-corrected chi connectivity index (χ0v) is 16.5. The topological polar surface area (TPSA) is 90.2 Å². The van der Waals surface area contributed by atoms with Crippen LogP contribution in [0.1, 0.15) is 39.5 Å². The lowest BCUT2D eigenvalue weighted by Crippen LogP contribution is -2.76. The van der Waals surface area contributed by atoms with Crippen molar-refractivity contribution >= 4 is 5.97 Å². The van der Waals surface area contributed by atoms with Gasteiger partial charge in [-0.3, -0.25) is 9.69 Å². The van der Waals surface area contributed by atoms with E-state index in [-0.39, 0.29) is 34.9 Å². The summed E-state index contributed by atoms with van der Waals surface area (Å²) in [5.41, 5.74) is -1.07. The minimum Gasteiger partial charge on any atom is -0.463 e. The largest absolute Gasteiger partial charge is 0.463 e. The van der Waals surface area contributed by atoms with Gasteiger partial charge in [0.15, 0.2) is 0 Å². The zero-order chi connectivity index (χ0) is 19.6. The van der Waals surface area contributed by atoms with Crippen molar-refractivity contribution in [2.45, 2.75) is 75.5 Å². The Balaban J connectivity index is 1.49. The van der Waals surface area contributed by atoms with Crippen LogP contribution in [0.5, 0.6) is 0 Å². The average molecular weight is 387 g/mol. The van der Waals surface area contributed by atoms with E-state index in [1.54, 1.807) is 0 Å². The maximum atomic E-state index is 12.2. The van der Waals surface area contributed by atoms with Crippen LogP contribution in [-0.4, -0.2) is 68.7 Å². The third kappa shape index (κ3) is 1.26. The second kappa shape index (κ2) is 4.25. The molecule has 9 bridgehead atoms. The van der Waals surface area contributed by atoms with Gasteiger partial charge in [-0.25, -0.2) is 0 Å². The molecule has 13 atom stereocenters. The lowest BCUT2D eigenvalue weighted by atomic mass is 9.39. The van der Waals surface area contributed by atoms with Crippen LogP contribution >= 0.6 is 0 Å². The first-order chi connectivity index (χ1) is 13.1. The summed E-state index contributed by atoms with van der Waals surface area (Å²) < 4.78 is 5.75. The van der Waals surface area contributed by atoms with Crippen LogP contribution in [0.4, 0.5) is 0 Å². The van der Waals surface area contributed by atoms with E-state index in [0.717, 1.165) is 25.0 Å². The van der Waals surface area contributed by atoms with Crippen molar-refractivity contribution in [2.75, 3.05) is 6.54 Å². The number of aliphatic hydroxyl groups is 3. The molecule has 152 valence electrons. The zero-order valence-electron chi connectivity index (χ0n) is 16.5. The molecule has 0 aromatic rings. The second-order valence-electron chi connectivity index (χ2n) is 11.5. The van der Waals surface area contributed by atoms with E-state index >= 15 is 0 Å². The third-order valence-corrected chi connectivity index (χ3v) is 10.6. The summed E-state index contributed by atoms with van der Waals surface area (Å²) in [5, 5.41) is 35.1.